The van der Waals surface area contributed by atoms with E-state index in [1.165, 1.54) is 11.3 Å². The van der Waals surface area contributed by atoms with E-state index in [0.717, 1.165) is 29.1 Å². The van der Waals surface area contributed by atoms with E-state index in [2.05, 4.69) is 10.3 Å². The van der Waals surface area contributed by atoms with Gasteiger partial charge >= 0.3 is 0 Å². The minimum atomic E-state index is -0.293. The number of thiazole rings is 1. The van der Waals surface area contributed by atoms with Crippen LogP contribution in [0.2, 0.25) is 5.02 Å². The Morgan fingerprint density at radius 2 is 2.22 bits per heavy atom. The first kappa shape index (κ1) is 16.4. The minimum Gasteiger partial charge on any atom is -0.349 e. The average molecular weight is 350 g/mol. The van der Waals surface area contributed by atoms with Gasteiger partial charge in [0.15, 0.2) is 0 Å². The third-order valence-electron chi connectivity index (χ3n) is 4.33. The number of benzene rings is 1. The zero-order valence-corrected chi connectivity index (χ0v) is 14.6. The van der Waals surface area contributed by atoms with Gasteiger partial charge in [0, 0.05) is 17.5 Å². The molecule has 1 amide bonds. The maximum Gasteiger partial charge on any atom is 0.226 e. The summed E-state index contributed by atoms with van der Waals surface area (Å²) in [5.41, 5.74) is 7.21. The number of rotatable bonds is 6. The van der Waals surface area contributed by atoms with Crippen molar-refractivity contribution in [2.45, 2.75) is 31.7 Å². The molecule has 23 heavy (non-hydrogen) atoms. The van der Waals surface area contributed by atoms with E-state index in [9.17, 15) is 4.79 Å². The fourth-order valence-corrected chi connectivity index (χ4v) is 3.85. The molecule has 1 unspecified atom stereocenters. The molecule has 1 fully saturated rings. The zero-order chi connectivity index (χ0) is 16.4. The molecule has 4 nitrogen and oxygen atoms in total. The monoisotopic (exact) mass is 349 g/mol. The van der Waals surface area contributed by atoms with Gasteiger partial charge in [-0.3, -0.25) is 4.79 Å². The third-order valence-corrected chi connectivity index (χ3v) is 5.58. The Hall–Kier alpha value is -1.43. The average Bonchev–Trinajstić information content (AvgIpc) is 3.29. The summed E-state index contributed by atoms with van der Waals surface area (Å²) in [7, 11) is 0. The van der Waals surface area contributed by atoms with Crippen LogP contribution in [-0.4, -0.2) is 23.0 Å². The molecule has 0 spiro atoms. The van der Waals surface area contributed by atoms with Crippen LogP contribution in [0.15, 0.2) is 29.6 Å². The Kier molecular flexibility index (Phi) is 4.71. The van der Waals surface area contributed by atoms with E-state index >= 15 is 0 Å². The SMILES string of the molecule is CC(CN)(NC(=O)Cc1csc(-c2ccccc2Cl)n1)C1CC1. The van der Waals surface area contributed by atoms with Gasteiger partial charge < -0.3 is 11.1 Å². The molecular weight excluding hydrogens is 330 g/mol. The van der Waals surface area contributed by atoms with E-state index in [-0.39, 0.29) is 17.9 Å². The highest BCUT2D eigenvalue weighted by Crippen LogP contribution is 2.39. The number of hydrogen-bond donors (Lipinski definition) is 2. The lowest BCUT2D eigenvalue weighted by molar-refractivity contribution is -0.122. The molecular formula is C17H20ClN3OS. The third kappa shape index (κ3) is 3.74. The lowest BCUT2D eigenvalue weighted by Crippen LogP contribution is -2.53. The van der Waals surface area contributed by atoms with E-state index in [1.807, 2.05) is 36.6 Å². The molecule has 122 valence electrons. The van der Waals surface area contributed by atoms with Crippen LogP contribution in [0.3, 0.4) is 0 Å². The van der Waals surface area contributed by atoms with Crippen molar-refractivity contribution < 1.29 is 4.79 Å². The fourth-order valence-electron chi connectivity index (χ4n) is 2.71. The van der Waals surface area contributed by atoms with Crippen molar-refractivity contribution in [2.24, 2.45) is 11.7 Å². The molecule has 1 aliphatic carbocycles. The summed E-state index contributed by atoms with van der Waals surface area (Å²) in [6.45, 7) is 2.49. The van der Waals surface area contributed by atoms with Crippen molar-refractivity contribution in [3.05, 3.63) is 40.4 Å². The number of nitrogens with two attached hydrogens (primary N) is 1. The molecule has 1 aromatic carbocycles. The number of carbonyl (C=O) groups excluding carboxylic acids is 1. The molecule has 6 heteroatoms. The summed E-state index contributed by atoms with van der Waals surface area (Å²) in [6, 6.07) is 7.59. The summed E-state index contributed by atoms with van der Waals surface area (Å²) < 4.78 is 0. The molecule has 1 aliphatic rings. The van der Waals surface area contributed by atoms with Crippen molar-refractivity contribution in [1.29, 1.82) is 0 Å². The first-order valence-corrected chi connectivity index (χ1v) is 8.98. The Labute approximate surface area is 145 Å². The van der Waals surface area contributed by atoms with Gasteiger partial charge in [0.05, 0.1) is 22.7 Å². The van der Waals surface area contributed by atoms with E-state index < -0.39 is 0 Å². The molecule has 1 saturated carbocycles. The maximum atomic E-state index is 12.3. The number of aromatic nitrogens is 1. The van der Waals surface area contributed by atoms with Crippen LogP contribution in [0.25, 0.3) is 10.6 Å². The second-order valence-electron chi connectivity index (χ2n) is 6.24. The Morgan fingerprint density at radius 3 is 2.87 bits per heavy atom. The minimum absolute atomic E-state index is 0.0270. The molecule has 1 atom stereocenters. The Bertz CT molecular complexity index is 713. The number of carbonyl (C=O) groups is 1. The molecule has 0 bridgehead atoms. The smallest absolute Gasteiger partial charge is 0.226 e. The van der Waals surface area contributed by atoms with E-state index in [4.69, 9.17) is 17.3 Å². The first-order valence-electron chi connectivity index (χ1n) is 7.72. The van der Waals surface area contributed by atoms with Crippen molar-refractivity contribution in [1.82, 2.24) is 10.3 Å². The standard InChI is InChI=1S/C17H20ClN3OS/c1-17(10-19,11-6-7-11)21-15(22)8-12-9-23-16(20-12)13-4-2-3-5-14(13)18/h2-5,9,11H,6-8,10,19H2,1H3,(H,21,22). The summed E-state index contributed by atoms with van der Waals surface area (Å²) in [4.78, 5) is 16.8. The van der Waals surface area contributed by atoms with Gasteiger partial charge in [0.2, 0.25) is 5.91 Å². The molecule has 3 rings (SSSR count). The van der Waals surface area contributed by atoms with Crippen LogP contribution in [0.5, 0.6) is 0 Å². The number of nitrogens with zero attached hydrogens (tertiary/aromatic N) is 1. The lowest BCUT2D eigenvalue weighted by Gasteiger charge is -2.29. The van der Waals surface area contributed by atoms with Gasteiger partial charge in [-0.05, 0) is 31.7 Å². The quantitative estimate of drug-likeness (QED) is 0.841. The van der Waals surface area contributed by atoms with E-state index in [1.54, 1.807) is 0 Å². The van der Waals surface area contributed by atoms with Gasteiger partial charge in [-0.1, -0.05) is 29.8 Å². The normalized spacial score (nSPS) is 16.8. The molecule has 3 N–H and O–H groups in total. The molecule has 0 radical (unpaired) electrons. The Balaban J connectivity index is 1.67. The number of halogens is 1. The van der Waals surface area contributed by atoms with Crippen LogP contribution in [0.1, 0.15) is 25.5 Å². The van der Waals surface area contributed by atoms with Gasteiger partial charge in [-0.2, -0.15) is 0 Å². The fraction of sp³-hybridized carbons (Fsp3) is 0.412. The van der Waals surface area contributed by atoms with Crippen LogP contribution in [0, 0.1) is 5.92 Å². The summed E-state index contributed by atoms with van der Waals surface area (Å²) in [5.74, 6) is 0.478. The largest absolute Gasteiger partial charge is 0.349 e. The molecule has 1 aromatic heterocycles. The number of hydrogen-bond acceptors (Lipinski definition) is 4. The van der Waals surface area contributed by atoms with E-state index in [0.29, 0.717) is 17.5 Å². The summed E-state index contributed by atoms with van der Waals surface area (Å²) >= 11 is 7.70. The van der Waals surface area contributed by atoms with Crippen molar-refractivity contribution in [3.63, 3.8) is 0 Å². The van der Waals surface area contributed by atoms with Gasteiger partial charge in [-0.25, -0.2) is 4.98 Å². The molecule has 0 aliphatic heterocycles. The van der Waals surface area contributed by atoms with Crippen LogP contribution in [-0.2, 0) is 11.2 Å². The summed E-state index contributed by atoms with van der Waals surface area (Å²) in [6.07, 6.45) is 2.55. The zero-order valence-electron chi connectivity index (χ0n) is 13.0. The van der Waals surface area contributed by atoms with Crippen LogP contribution >= 0.6 is 22.9 Å². The molecule has 0 saturated heterocycles. The van der Waals surface area contributed by atoms with Gasteiger partial charge in [0.25, 0.3) is 0 Å². The second kappa shape index (κ2) is 6.59. The number of nitrogens with one attached hydrogen (secondary N) is 1. The lowest BCUT2D eigenvalue weighted by atomic mass is 9.95. The first-order chi connectivity index (χ1) is 11.0. The highest BCUT2D eigenvalue weighted by atomic mass is 35.5. The predicted molar refractivity (Wildman–Crippen MR) is 94.6 cm³/mol. The highest BCUT2D eigenvalue weighted by Gasteiger charge is 2.41. The van der Waals surface area contributed by atoms with Crippen LogP contribution < -0.4 is 11.1 Å². The van der Waals surface area contributed by atoms with Gasteiger partial charge in [-0.15, -0.1) is 11.3 Å². The molecule has 2 aromatic rings. The summed E-state index contributed by atoms with van der Waals surface area (Å²) in [5, 5.41) is 6.50. The molecule has 1 heterocycles. The van der Waals surface area contributed by atoms with Crippen LogP contribution in [0.4, 0.5) is 0 Å². The van der Waals surface area contributed by atoms with Crippen molar-refractivity contribution in [2.75, 3.05) is 6.54 Å². The van der Waals surface area contributed by atoms with Crippen molar-refractivity contribution >= 4 is 28.8 Å². The van der Waals surface area contributed by atoms with Gasteiger partial charge in [0.1, 0.15) is 5.01 Å². The Morgan fingerprint density at radius 1 is 1.48 bits per heavy atom. The second-order valence-corrected chi connectivity index (χ2v) is 7.51. The van der Waals surface area contributed by atoms with Crippen molar-refractivity contribution in [3.8, 4) is 10.6 Å². The maximum absolute atomic E-state index is 12.3. The highest BCUT2D eigenvalue weighted by molar-refractivity contribution is 7.13. The predicted octanol–water partition coefficient (Wildman–Crippen LogP) is 3.25. The topological polar surface area (TPSA) is 68.0 Å². The number of amides is 1.